The summed E-state index contributed by atoms with van der Waals surface area (Å²) in [5.41, 5.74) is 0.0219. The van der Waals surface area contributed by atoms with Crippen molar-refractivity contribution in [2.45, 2.75) is 52.2 Å². The molecule has 0 aromatic carbocycles. The quantitative estimate of drug-likeness (QED) is 0.664. The molecular formula is C12H21NO3. The van der Waals surface area contributed by atoms with Crippen molar-refractivity contribution in [1.82, 2.24) is 4.90 Å². The maximum Gasteiger partial charge on any atom is 0.407 e. The van der Waals surface area contributed by atoms with E-state index in [2.05, 4.69) is 20.8 Å². The van der Waals surface area contributed by atoms with E-state index in [1.165, 1.54) is 4.90 Å². The lowest BCUT2D eigenvalue weighted by molar-refractivity contribution is -0.188. The first-order valence-electron chi connectivity index (χ1n) is 5.97. The summed E-state index contributed by atoms with van der Waals surface area (Å²) in [6.45, 7) is 7.03. The number of rotatable bonds is 0. The fraction of sp³-hybridized carbons (Fsp3) is 0.917. The summed E-state index contributed by atoms with van der Waals surface area (Å²) < 4.78 is 0. The Balaban J connectivity index is 2.29. The summed E-state index contributed by atoms with van der Waals surface area (Å²) >= 11 is 0. The summed E-state index contributed by atoms with van der Waals surface area (Å²) in [6.07, 6.45) is 1.38. The predicted molar refractivity (Wildman–Crippen MR) is 60.3 cm³/mol. The predicted octanol–water partition coefficient (Wildman–Crippen LogP) is 1.93. The van der Waals surface area contributed by atoms with E-state index in [0.29, 0.717) is 6.54 Å². The van der Waals surface area contributed by atoms with Crippen LogP contribution >= 0.6 is 0 Å². The van der Waals surface area contributed by atoms with Gasteiger partial charge in [0.05, 0.1) is 12.1 Å². The molecule has 2 N–H and O–H groups in total. The highest BCUT2D eigenvalue weighted by Crippen LogP contribution is 2.57. The van der Waals surface area contributed by atoms with E-state index in [9.17, 15) is 9.90 Å². The number of likely N-dealkylation sites (tertiary alicyclic amines) is 1. The Morgan fingerprint density at radius 2 is 2.06 bits per heavy atom. The molecular weight excluding hydrogens is 206 g/mol. The van der Waals surface area contributed by atoms with Gasteiger partial charge in [0.2, 0.25) is 0 Å². The van der Waals surface area contributed by atoms with Gasteiger partial charge in [-0.15, -0.1) is 0 Å². The molecule has 92 valence electrons. The number of hydrogen-bond acceptors (Lipinski definition) is 2. The average Bonchev–Trinajstić information content (AvgIpc) is 2.04. The molecule has 3 atom stereocenters. The molecule has 2 rings (SSSR count). The molecule has 4 nitrogen and oxygen atoms in total. The molecule has 2 fully saturated rings. The Bertz CT molecular complexity index is 310. The number of fused-ring (bicyclic) bond motifs is 1. The van der Waals surface area contributed by atoms with Crippen LogP contribution in [0.5, 0.6) is 0 Å². The lowest BCUT2D eigenvalue weighted by Gasteiger charge is -2.65. The molecule has 0 spiro atoms. The van der Waals surface area contributed by atoms with E-state index in [0.717, 1.165) is 19.3 Å². The first kappa shape index (κ1) is 11.7. The Morgan fingerprint density at radius 1 is 1.44 bits per heavy atom. The third-order valence-corrected chi connectivity index (χ3v) is 4.58. The number of amides is 1. The summed E-state index contributed by atoms with van der Waals surface area (Å²) in [4.78, 5) is 12.5. The second kappa shape index (κ2) is 3.36. The van der Waals surface area contributed by atoms with Gasteiger partial charge in [0, 0.05) is 12.0 Å². The lowest BCUT2D eigenvalue weighted by atomic mass is 9.51. The van der Waals surface area contributed by atoms with Gasteiger partial charge in [-0.3, -0.25) is 0 Å². The molecule has 1 saturated heterocycles. The Morgan fingerprint density at radius 3 is 2.56 bits per heavy atom. The van der Waals surface area contributed by atoms with Crippen molar-refractivity contribution in [2.24, 2.45) is 10.8 Å². The number of hydrogen-bond donors (Lipinski definition) is 2. The van der Waals surface area contributed by atoms with Gasteiger partial charge in [0.15, 0.2) is 0 Å². The highest BCUT2D eigenvalue weighted by Gasteiger charge is 2.63. The smallest absolute Gasteiger partial charge is 0.407 e. The molecule has 0 aromatic heterocycles. The van der Waals surface area contributed by atoms with Gasteiger partial charge in [-0.1, -0.05) is 27.2 Å². The van der Waals surface area contributed by atoms with E-state index in [4.69, 9.17) is 5.11 Å². The van der Waals surface area contributed by atoms with Crippen LogP contribution in [0, 0.1) is 10.8 Å². The van der Waals surface area contributed by atoms with Crippen molar-refractivity contribution >= 4 is 6.09 Å². The van der Waals surface area contributed by atoms with Crippen LogP contribution in [0.1, 0.15) is 40.0 Å². The van der Waals surface area contributed by atoms with Crippen LogP contribution in [0.25, 0.3) is 0 Å². The molecule has 0 radical (unpaired) electrons. The maximum absolute atomic E-state index is 11.1. The van der Waals surface area contributed by atoms with Crippen LogP contribution in [0.2, 0.25) is 0 Å². The van der Waals surface area contributed by atoms with Crippen molar-refractivity contribution in [3.05, 3.63) is 0 Å². The van der Waals surface area contributed by atoms with Crippen LogP contribution in [-0.4, -0.2) is 39.9 Å². The van der Waals surface area contributed by atoms with E-state index in [1.807, 2.05) is 0 Å². The minimum absolute atomic E-state index is 0.0247. The number of nitrogens with zero attached hydrogens (tertiary/aromatic N) is 1. The molecule has 0 bridgehead atoms. The van der Waals surface area contributed by atoms with Crippen molar-refractivity contribution in [3.8, 4) is 0 Å². The van der Waals surface area contributed by atoms with Gasteiger partial charge in [0.25, 0.3) is 0 Å². The Hall–Kier alpha value is -0.770. The van der Waals surface area contributed by atoms with Gasteiger partial charge in [-0.05, 0) is 18.3 Å². The SMILES string of the molecule is CC(C)(C)C12CCCC(O)C1N(C(=O)O)C2. The minimum Gasteiger partial charge on any atom is -0.465 e. The van der Waals surface area contributed by atoms with Crippen LogP contribution < -0.4 is 0 Å². The second-order valence-electron chi connectivity index (χ2n) is 6.22. The van der Waals surface area contributed by atoms with Gasteiger partial charge in [-0.25, -0.2) is 4.79 Å². The van der Waals surface area contributed by atoms with Crippen molar-refractivity contribution in [1.29, 1.82) is 0 Å². The first-order valence-corrected chi connectivity index (χ1v) is 5.97. The van der Waals surface area contributed by atoms with Crippen molar-refractivity contribution < 1.29 is 15.0 Å². The molecule has 0 aromatic rings. The van der Waals surface area contributed by atoms with Gasteiger partial charge >= 0.3 is 6.09 Å². The molecule has 1 amide bonds. The average molecular weight is 227 g/mol. The summed E-state index contributed by atoms with van der Waals surface area (Å²) in [7, 11) is 0. The monoisotopic (exact) mass is 227 g/mol. The molecule has 2 aliphatic rings. The van der Waals surface area contributed by atoms with Gasteiger partial charge in [-0.2, -0.15) is 0 Å². The molecule has 4 heteroatoms. The molecule has 1 aliphatic carbocycles. The van der Waals surface area contributed by atoms with Crippen LogP contribution in [0.15, 0.2) is 0 Å². The number of aliphatic hydroxyl groups excluding tert-OH is 1. The third kappa shape index (κ3) is 1.35. The first-order chi connectivity index (χ1) is 7.29. The highest BCUT2D eigenvalue weighted by atomic mass is 16.4. The number of carbonyl (C=O) groups is 1. The zero-order chi connectivity index (χ0) is 12.1. The second-order valence-corrected chi connectivity index (χ2v) is 6.22. The van der Waals surface area contributed by atoms with E-state index < -0.39 is 12.2 Å². The Kier molecular flexibility index (Phi) is 2.46. The number of carboxylic acid groups (broad SMARTS) is 1. The van der Waals surface area contributed by atoms with Gasteiger partial charge in [0.1, 0.15) is 0 Å². The van der Waals surface area contributed by atoms with Crippen LogP contribution in [0.4, 0.5) is 4.79 Å². The standard InChI is InChI=1S/C12H21NO3/c1-11(2,3)12-6-4-5-8(14)9(12)13(7-12)10(15)16/h8-9,14H,4-7H2,1-3H3,(H,15,16). The summed E-state index contributed by atoms with van der Waals surface area (Å²) in [5, 5.41) is 19.1. The molecule has 1 heterocycles. The van der Waals surface area contributed by atoms with E-state index in [1.54, 1.807) is 0 Å². The minimum atomic E-state index is -0.897. The largest absolute Gasteiger partial charge is 0.465 e. The van der Waals surface area contributed by atoms with Crippen molar-refractivity contribution in [2.75, 3.05) is 6.54 Å². The molecule has 1 saturated carbocycles. The number of aliphatic hydroxyl groups is 1. The molecule has 16 heavy (non-hydrogen) atoms. The topological polar surface area (TPSA) is 60.8 Å². The van der Waals surface area contributed by atoms with E-state index >= 15 is 0 Å². The maximum atomic E-state index is 11.1. The van der Waals surface area contributed by atoms with Crippen LogP contribution in [0.3, 0.4) is 0 Å². The zero-order valence-electron chi connectivity index (χ0n) is 10.2. The van der Waals surface area contributed by atoms with Crippen LogP contribution in [-0.2, 0) is 0 Å². The molecule has 1 aliphatic heterocycles. The van der Waals surface area contributed by atoms with Crippen molar-refractivity contribution in [3.63, 3.8) is 0 Å². The fourth-order valence-corrected chi connectivity index (χ4v) is 3.51. The zero-order valence-corrected chi connectivity index (χ0v) is 10.2. The fourth-order valence-electron chi connectivity index (χ4n) is 3.51. The Labute approximate surface area is 96.3 Å². The third-order valence-electron chi connectivity index (χ3n) is 4.58. The van der Waals surface area contributed by atoms with Gasteiger partial charge < -0.3 is 15.1 Å². The summed E-state index contributed by atoms with van der Waals surface area (Å²) in [5.74, 6) is 0. The molecule has 3 unspecified atom stereocenters. The highest BCUT2D eigenvalue weighted by molar-refractivity contribution is 5.67. The normalized spacial score (nSPS) is 38.9. The van der Waals surface area contributed by atoms with E-state index in [-0.39, 0.29) is 16.9 Å². The lowest BCUT2D eigenvalue weighted by Crippen LogP contribution is -2.75. The summed E-state index contributed by atoms with van der Waals surface area (Å²) in [6, 6.07) is -0.196.